The number of rotatable bonds is 16. The lowest BCUT2D eigenvalue weighted by Crippen LogP contribution is -2.30. The van der Waals surface area contributed by atoms with E-state index < -0.39 is 65.2 Å². The second-order valence-corrected chi connectivity index (χ2v) is 20.5. The minimum atomic E-state index is -3.88. The van der Waals surface area contributed by atoms with Gasteiger partial charge in [0.25, 0.3) is 0 Å². The van der Waals surface area contributed by atoms with Crippen molar-refractivity contribution < 1.29 is 62.9 Å². The van der Waals surface area contributed by atoms with Gasteiger partial charge in [-0.3, -0.25) is 9.13 Å². The van der Waals surface area contributed by atoms with Crippen molar-refractivity contribution in [2.75, 3.05) is 54.9 Å². The molecule has 2 aromatic carbocycles. The Bertz CT molecular complexity index is 3090. The molecule has 0 bridgehead atoms. The summed E-state index contributed by atoms with van der Waals surface area (Å²) in [6.07, 6.45) is 6.98. The molecule has 4 atom stereocenters. The first-order valence-electron chi connectivity index (χ1n) is 21.8. The summed E-state index contributed by atoms with van der Waals surface area (Å²) in [5, 5.41) is 15.0. The average molecular weight is 1030 g/mol. The fourth-order valence-electron chi connectivity index (χ4n) is 8.39. The van der Waals surface area contributed by atoms with Crippen LogP contribution in [0.15, 0.2) is 107 Å². The SMILES string of the molecule is COc1cccc(OC)c1-n1c(CS(=O)(=O)[C@@H]2COC[C@H]2c2ncc(F)cn2)nnc1-c1ccco1.COc1cccc(OC)c1-n1c(CS(=O)(=O)[C@H]2COC[C@@H]2c2ncc(F)cn2)nnc1-c1ccco1. The summed E-state index contributed by atoms with van der Waals surface area (Å²) < 4.78 is 129. The first kappa shape index (κ1) is 49.3. The summed E-state index contributed by atoms with van der Waals surface area (Å²) >= 11 is 0. The Balaban J connectivity index is 0.000000178. The monoisotopic (exact) mass is 1030 g/mol. The molecule has 26 heteroatoms. The minimum absolute atomic E-state index is 0.0507. The fraction of sp³-hybridized carbons (Fsp3) is 0.304. The van der Waals surface area contributed by atoms with Gasteiger partial charge in [0.05, 0.1) is 115 Å². The Labute approximate surface area is 409 Å². The second-order valence-electron chi connectivity index (χ2n) is 16.0. The fourth-order valence-corrected chi connectivity index (χ4v) is 11.9. The van der Waals surface area contributed by atoms with Gasteiger partial charge in [-0.15, -0.1) is 20.4 Å². The third-order valence-corrected chi connectivity index (χ3v) is 15.9. The van der Waals surface area contributed by atoms with Crippen LogP contribution in [0.2, 0.25) is 0 Å². The molecule has 0 aliphatic carbocycles. The van der Waals surface area contributed by atoms with Gasteiger partial charge < -0.3 is 37.3 Å². The molecule has 0 radical (unpaired) electrons. The number of furan rings is 2. The first-order chi connectivity index (χ1) is 34.8. The summed E-state index contributed by atoms with van der Waals surface area (Å²) in [5.74, 6) is 0.126. The standard InChI is InChI=1S/2C23H22FN5O6S/c2*1-32-16-5-3-6-17(33-2)21(16)29-20(27-28-23(29)18-7-4-8-35-18)13-36(30,31)19-12-34-11-15(19)22-25-9-14(24)10-26-22/h2*3-10,15,19H,11-13H2,1-2H3/t2*15-,19-/m10/s1. The maximum atomic E-state index is 13.7. The van der Waals surface area contributed by atoms with Gasteiger partial charge in [-0.05, 0) is 48.5 Å². The van der Waals surface area contributed by atoms with Crippen LogP contribution in [0.4, 0.5) is 8.78 Å². The van der Waals surface area contributed by atoms with Gasteiger partial charge in [-0.2, -0.15) is 0 Å². The average Bonchev–Trinajstić information content (AvgIpc) is 4.25. The van der Waals surface area contributed by atoms with Crippen molar-refractivity contribution in [2.24, 2.45) is 0 Å². The predicted molar refractivity (Wildman–Crippen MR) is 248 cm³/mol. The third-order valence-electron chi connectivity index (χ3n) is 11.8. The number of hydrogen-bond donors (Lipinski definition) is 0. The number of nitrogens with zero attached hydrogens (tertiary/aromatic N) is 10. The van der Waals surface area contributed by atoms with E-state index in [1.165, 1.54) is 41.0 Å². The number of hydrogen-bond acceptors (Lipinski definition) is 20. The number of halogens is 2. The first-order valence-corrected chi connectivity index (χ1v) is 25.2. The smallest absolute Gasteiger partial charge is 0.204 e. The van der Waals surface area contributed by atoms with E-state index in [0.717, 1.165) is 24.8 Å². The van der Waals surface area contributed by atoms with Gasteiger partial charge in [0.1, 0.15) is 57.5 Å². The van der Waals surface area contributed by atoms with Gasteiger partial charge in [0.2, 0.25) is 11.6 Å². The molecule has 2 fully saturated rings. The van der Waals surface area contributed by atoms with E-state index >= 15 is 0 Å². The van der Waals surface area contributed by atoms with Crippen LogP contribution in [0.25, 0.3) is 34.5 Å². The Hall–Kier alpha value is -7.68. The topological polar surface area (TPSA) is 263 Å². The molecule has 0 saturated carbocycles. The molecule has 10 rings (SSSR count). The molecule has 0 spiro atoms. The van der Waals surface area contributed by atoms with Crippen LogP contribution in [0.3, 0.4) is 0 Å². The Morgan fingerprint density at radius 1 is 0.528 bits per heavy atom. The lowest BCUT2D eigenvalue weighted by atomic mass is 10.1. The maximum Gasteiger partial charge on any atom is 0.204 e. The number of benzene rings is 2. The second kappa shape index (κ2) is 21.0. The number of sulfone groups is 2. The van der Waals surface area contributed by atoms with Crippen molar-refractivity contribution in [1.29, 1.82) is 0 Å². The Morgan fingerprint density at radius 3 is 1.21 bits per heavy atom. The highest BCUT2D eigenvalue weighted by Gasteiger charge is 2.44. The molecule has 0 N–H and O–H groups in total. The molecule has 22 nitrogen and oxygen atoms in total. The van der Waals surface area contributed by atoms with Crippen molar-refractivity contribution >= 4 is 19.7 Å². The van der Waals surface area contributed by atoms with Crippen molar-refractivity contribution in [1.82, 2.24) is 49.5 Å². The van der Waals surface area contributed by atoms with Crippen LogP contribution < -0.4 is 18.9 Å². The number of para-hydroxylation sites is 2. The molecule has 8 aromatic rings. The Morgan fingerprint density at radius 2 is 0.889 bits per heavy atom. The zero-order valence-electron chi connectivity index (χ0n) is 38.7. The van der Waals surface area contributed by atoms with E-state index in [0.29, 0.717) is 45.9 Å². The molecule has 8 heterocycles. The molecule has 376 valence electrons. The third kappa shape index (κ3) is 9.84. The van der Waals surface area contributed by atoms with E-state index in [2.05, 4.69) is 40.3 Å². The Kier molecular flexibility index (Phi) is 14.4. The number of aromatic nitrogens is 10. The van der Waals surface area contributed by atoms with Crippen molar-refractivity contribution in [2.45, 2.75) is 33.8 Å². The van der Waals surface area contributed by atoms with E-state index in [9.17, 15) is 25.6 Å². The molecule has 2 aliphatic heterocycles. The minimum Gasteiger partial charge on any atom is -0.494 e. The zero-order chi connectivity index (χ0) is 50.6. The van der Waals surface area contributed by atoms with Gasteiger partial charge in [-0.1, -0.05) is 12.1 Å². The van der Waals surface area contributed by atoms with Crippen LogP contribution in [0.1, 0.15) is 35.1 Å². The van der Waals surface area contributed by atoms with E-state index in [1.807, 2.05) is 0 Å². The van der Waals surface area contributed by atoms with E-state index in [1.54, 1.807) is 69.8 Å². The molecule has 2 aliphatic rings. The van der Waals surface area contributed by atoms with E-state index in [-0.39, 0.29) is 61.4 Å². The lowest BCUT2D eigenvalue weighted by molar-refractivity contribution is 0.193. The van der Waals surface area contributed by atoms with Crippen LogP contribution in [0.5, 0.6) is 23.0 Å². The normalized spacial score (nSPS) is 17.9. The van der Waals surface area contributed by atoms with Crippen molar-refractivity contribution in [3.8, 4) is 57.5 Å². The highest BCUT2D eigenvalue weighted by molar-refractivity contribution is 7.91. The van der Waals surface area contributed by atoms with Gasteiger partial charge in [0, 0.05) is 0 Å². The highest BCUT2D eigenvalue weighted by Crippen LogP contribution is 2.40. The molecule has 72 heavy (non-hydrogen) atoms. The largest absolute Gasteiger partial charge is 0.494 e. The molecule has 0 unspecified atom stereocenters. The highest BCUT2D eigenvalue weighted by atomic mass is 32.2. The summed E-state index contributed by atoms with van der Waals surface area (Å²) in [6, 6.07) is 17.1. The molecule has 6 aromatic heterocycles. The summed E-state index contributed by atoms with van der Waals surface area (Å²) in [6.45, 7) is 0.0934. The predicted octanol–water partition coefficient (Wildman–Crippen LogP) is 5.14. The van der Waals surface area contributed by atoms with Gasteiger partial charge in [-0.25, -0.2) is 45.6 Å². The number of ether oxygens (including phenoxy) is 6. The molecular formula is C46H44F2N10O12S2. The van der Waals surface area contributed by atoms with E-state index in [4.69, 9.17) is 37.3 Å². The maximum absolute atomic E-state index is 13.7. The molecule has 0 amide bonds. The van der Waals surface area contributed by atoms with Crippen molar-refractivity contribution in [3.63, 3.8) is 0 Å². The quantitative estimate of drug-likeness (QED) is 0.121. The zero-order valence-corrected chi connectivity index (χ0v) is 40.4. The van der Waals surface area contributed by atoms with Crippen LogP contribution in [-0.2, 0) is 40.7 Å². The van der Waals surface area contributed by atoms with Gasteiger partial charge >= 0.3 is 0 Å². The summed E-state index contributed by atoms with van der Waals surface area (Å²) in [4.78, 5) is 15.9. The van der Waals surface area contributed by atoms with Gasteiger partial charge in [0.15, 0.2) is 54.5 Å². The summed E-state index contributed by atoms with van der Waals surface area (Å²) in [7, 11) is -1.78. The summed E-state index contributed by atoms with van der Waals surface area (Å²) in [5.41, 5.74) is 0.843. The van der Waals surface area contributed by atoms with Crippen LogP contribution in [-0.4, -0.2) is 132 Å². The lowest BCUT2D eigenvalue weighted by Gasteiger charge is -2.19. The van der Waals surface area contributed by atoms with Crippen LogP contribution in [0, 0.1) is 11.6 Å². The molecular weight excluding hydrogens is 987 g/mol. The van der Waals surface area contributed by atoms with Crippen molar-refractivity contribution in [3.05, 3.63) is 133 Å². The number of methoxy groups -OCH3 is 4. The van der Waals surface area contributed by atoms with Crippen LogP contribution >= 0.6 is 0 Å². The molecule has 2 saturated heterocycles.